The average molecular weight is 385 g/mol. The molecule has 1 fully saturated rings. The molecule has 1 aromatic carbocycles. The summed E-state index contributed by atoms with van der Waals surface area (Å²) >= 11 is 2.00. The first-order valence-corrected chi connectivity index (χ1v) is 6.64. The van der Waals surface area contributed by atoms with E-state index in [0.717, 1.165) is 13.1 Å². The number of halogens is 3. The molecule has 0 saturated carbocycles. The molecule has 0 aromatic heterocycles. The van der Waals surface area contributed by atoms with Gasteiger partial charge in [-0.25, -0.2) is 4.39 Å². The molecular weight excluding hydrogens is 370 g/mol. The van der Waals surface area contributed by atoms with Gasteiger partial charge in [-0.05, 0) is 47.7 Å². The molecule has 1 unspecified atom stereocenters. The van der Waals surface area contributed by atoms with Crippen LogP contribution < -0.4 is 5.32 Å². The van der Waals surface area contributed by atoms with Crippen molar-refractivity contribution >= 4 is 40.9 Å². The highest BCUT2D eigenvalue weighted by molar-refractivity contribution is 14.1. The molecule has 100 valence electrons. The second-order valence-corrected chi connectivity index (χ2v) is 5.34. The summed E-state index contributed by atoms with van der Waals surface area (Å²) in [6, 6.07) is 4.47. The van der Waals surface area contributed by atoms with Crippen molar-refractivity contribution in [2.75, 3.05) is 19.6 Å². The number of nitrogens with one attached hydrogen (secondary N) is 1. The van der Waals surface area contributed by atoms with Crippen LogP contribution in [0.15, 0.2) is 18.2 Å². The summed E-state index contributed by atoms with van der Waals surface area (Å²) < 4.78 is 13.7. The fraction of sp³-hybridized carbons (Fsp3) is 0.417. The lowest BCUT2D eigenvalue weighted by atomic mass is 10.1. The molecule has 1 amide bonds. The molecule has 6 heteroatoms. The molecule has 1 heterocycles. The summed E-state index contributed by atoms with van der Waals surface area (Å²) in [6.45, 7) is 4.34. The van der Waals surface area contributed by atoms with Gasteiger partial charge in [0.25, 0.3) is 5.91 Å². The van der Waals surface area contributed by atoms with Crippen LogP contribution >= 0.6 is 35.0 Å². The SMILES string of the molecule is CC1CNCCN1C(=O)c1ccc(F)cc1I.Cl. The van der Waals surface area contributed by atoms with Gasteiger partial charge in [0, 0.05) is 29.2 Å². The van der Waals surface area contributed by atoms with Crippen LogP contribution in [0.1, 0.15) is 17.3 Å². The van der Waals surface area contributed by atoms with E-state index in [1.165, 1.54) is 12.1 Å². The monoisotopic (exact) mass is 384 g/mol. The number of rotatable bonds is 1. The number of carbonyl (C=O) groups excluding carboxylic acids is 1. The minimum absolute atomic E-state index is 0. The van der Waals surface area contributed by atoms with Gasteiger partial charge in [0.1, 0.15) is 5.82 Å². The number of benzene rings is 1. The highest BCUT2D eigenvalue weighted by atomic mass is 127. The molecule has 3 nitrogen and oxygen atoms in total. The number of carbonyl (C=O) groups is 1. The Labute approximate surface area is 126 Å². The first-order valence-electron chi connectivity index (χ1n) is 5.56. The van der Waals surface area contributed by atoms with E-state index in [-0.39, 0.29) is 30.2 Å². The molecule has 18 heavy (non-hydrogen) atoms. The van der Waals surface area contributed by atoms with Gasteiger partial charge >= 0.3 is 0 Å². The lowest BCUT2D eigenvalue weighted by molar-refractivity contribution is 0.0654. The second-order valence-electron chi connectivity index (χ2n) is 4.18. The van der Waals surface area contributed by atoms with Crippen molar-refractivity contribution in [1.82, 2.24) is 10.2 Å². The number of hydrogen-bond acceptors (Lipinski definition) is 2. The Hall–Kier alpha value is -0.400. The smallest absolute Gasteiger partial charge is 0.255 e. The van der Waals surface area contributed by atoms with Gasteiger partial charge in [0.2, 0.25) is 0 Å². The van der Waals surface area contributed by atoms with Gasteiger partial charge in [-0.1, -0.05) is 0 Å². The van der Waals surface area contributed by atoms with Gasteiger partial charge in [-0.3, -0.25) is 4.79 Å². The Morgan fingerprint density at radius 3 is 2.89 bits per heavy atom. The van der Waals surface area contributed by atoms with Gasteiger partial charge < -0.3 is 10.2 Å². The minimum atomic E-state index is -0.306. The van der Waals surface area contributed by atoms with Crippen LogP contribution in [0.2, 0.25) is 0 Å². The van der Waals surface area contributed by atoms with Crippen molar-refractivity contribution in [2.45, 2.75) is 13.0 Å². The second kappa shape index (κ2) is 6.68. The largest absolute Gasteiger partial charge is 0.333 e. The quantitative estimate of drug-likeness (QED) is 0.754. The van der Waals surface area contributed by atoms with Gasteiger partial charge in [0.05, 0.1) is 5.56 Å². The maximum atomic E-state index is 13.0. The van der Waals surface area contributed by atoms with E-state index in [2.05, 4.69) is 5.32 Å². The molecule has 0 spiro atoms. The fourth-order valence-corrected chi connectivity index (χ4v) is 2.67. The first-order chi connectivity index (χ1) is 8.09. The van der Waals surface area contributed by atoms with Crippen LogP contribution in [0.5, 0.6) is 0 Å². The average Bonchev–Trinajstić information content (AvgIpc) is 2.29. The fourth-order valence-electron chi connectivity index (χ4n) is 1.96. The maximum Gasteiger partial charge on any atom is 0.255 e. The van der Waals surface area contributed by atoms with Crippen molar-refractivity contribution in [3.05, 3.63) is 33.1 Å². The highest BCUT2D eigenvalue weighted by Gasteiger charge is 2.25. The Morgan fingerprint density at radius 2 is 2.28 bits per heavy atom. The lowest BCUT2D eigenvalue weighted by Crippen LogP contribution is -2.52. The third kappa shape index (κ3) is 3.33. The zero-order valence-electron chi connectivity index (χ0n) is 9.95. The molecule has 1 aliphatic heterocycles. The topological polar surface area (TPSA) is 32.3 Å². The van der Waals surface area contributed by atoms with Crippen molar-refractivity contribution < 1.29 is 9.18 Å². The predicted molar refractivity (Wildman–Crippen MR) is 79.7 cm³/mol. The number of nitrogens with zero attached hydrogens (tertiary/aromatic N) is 1. The summed E-state index contributed by atoms with van der Waals surface area (Å²) in [5.74, 6) is -0.317. The molecule has 2 rings (SSSR count). The van der Waals surface area contributed by atoms with Crippen LogP contribution in [0.3, 0.4) is 0 Å². The molecular formula is C12H15ClFIN2O. The molecule has 0 aliphatic carbocycles. The molecule has 0 radical (unpaired) electrons. The van der Waals surface area contributed by atoms with E-state index >= 15 is 0 Å². The summed E-state index contributed by atoms with van der Waals surface area (Å²) in [5.41, 5.74) is 0.584. The Balaban J connectivity index is 0.00000162. The number of piperazine rings is 1. The van der Waals surface area contributed by atoms with Gasteiger partial charge in [-0.15, -0.1) is 12.4 Å². The van der Waals surface area contributed by atoms with Gasteiger partial charge in [-0.2, -0.15) is 0 Å². The summed E-state index contributed by atoms with van der Waals surface area (Å²) in [6.07, 6.45) is 0. The zero-order valence-corrected chi connectivity index (χ0v) is 12.9. The number of amides is 1. The molecule has 1 aliphatic rings. The van der Waals surface area contributed by atoms with Crippen LogP contribution in [0.25, 0.3) is 0 Å². The van der Waals surface area contributed by atoms with Crippen molar-refractivity contribution in [1.29, 1.82) is 0 Å². The molecule has 1 N–H and O–H groups in total. The van der Waals surface area contributed by atoms with Crippen molar-refractivity contribution in [3.63, 3.8) is 0 Å². The van der Waals surface area contributed by atoms with Crippen LogP contribution in [0, 0.1) is 9.39 Å². The number of hydrogen-bond donors (Lipinski definition) is 1. The van der Waals surface area contributed by atoms with E-state index in [9.17, 15) is 9.18 Å². The standard InChI is InChI=1S/C12H14FIN2O.ClH/c1-8-7-15-4-5-16(8)12(17)10-3-2-9(13)6-11(10)14;/h2-3,6,8,15H,4-5,7H2,1H3;1H. The third-order valence-corrected chi connectivity index (χ3v) is 3.82. The van der Waals surface area contributed by atoms with Gasteiger partial charge in [0.15, 0.2) is 0 Å². The summed E-state index contributed by atoms with van der Waals surface area (Å²) in [5, 5.41) is 3.24. The third-order valence-electron chi connectivity index (χ3n) is 2.92. The lowest BCUT2D eigenvalue weighted by Gasteiger charge is -2.34. The van der Waals surface area contributed by atoms with Crippen LogP contribution in [-0.4, -0.2) is 36.5 Å². The molecule has 1 aromatic rings. The van der Waals surface area contributed by atoms with E-state index in [0.29, 0.717) is 15.7 Å². The van der Waals surface area contributed by atoms with E-state index in [1.807, 2.05) is 34.4 Å². The molecule has 0 bridgehead atoms. The maximum absolute atomic E-state index is 13.0. The zero-order chi connectivity index (χ0) is 12.4. The summed E-state index contributed by atoms with van der Waals surface area (Å²) in [4.78, 5) is 14.2. The predicted octanol–water partition coefficient (Wildman–Crippen LogP) is 2.29. The van der Waals surface area contributed by atoms with E-state index < -0.39 is 0 Å². The van der Waals surface area contributed by atoms with Crippen LogP contribution in [-0.2, 0) is 0 Å². The molecule has 1 saturated heterocycles. The minimum Gasteiger partial charge on any atom is -0.333 e. The summed E-state index contributed by atoms with van der Waals surface area (Å²) in [7, 11) is 0. The Morgan fingerprint density at radius 1 is 1.56 bits per heavy atom. The van der Waals surface area contributed by atoms with Crippen molar-refractivity contribution in [2.24, 2.45) is 0 Å². The Kier molecular flexibility index (Phi) is 5.81. The van der Waals surface area contributed by atoms with E-state index in [1.54, 1.807) is 6.07 Å². The molecule has 1 atom stereocenters. The highest BCUT2D eigenvalue weighted by Crippen LogP contribution is 2.17. The van der Waals surface area contributed by atoms with Crippen molar-refractivity contribution in [3.8, 4) is 0 Å². The van der Waals surface area contributed by atoms with Crippen LogP contribution in [0.4, 0.5) is 4.39 Å². The van der Waals surface area contributed by atoms with E-state index in [4.69, 9.17) is 0 Å². The Bertz CT molecular complexity index is 444. The normalized spacial score (nSPS) is 19.3. The first kappa shape index (κ1) is 15.7.